The molecule has 1 N–H and O–H groups in total. The fourth-order valence-electron chi connectivity index (χ4n) is 2.43. The minimum Gasteiger partial charge on any atom is -0.340 e. The molecule has 0 aliphatic carbocycles. The lowest BCUT2D eigenvalue weighted by Gasteiger charge is -2.37. The van der Waals surface area contributed by atoms with Crippen LogP contribution in [-0.2, 0) is 14.8 Å². The topological polar surface area (TPSA) is 69.7 Å². The van der Waals surface area contributed by atoms with Crippen molar-refractivity contribution in [2.75, 3.05) is 39.3 Å². The van der Waals surface area contributed by atoms with E-state index >= 15 is 0 Å². The van der Waals surface area contributed by atoms with Gasteiger partial charge in [-0.1, -0.05) is 11.6 Å². The van der Waals surface area contributed by atoms with E-state index in [1.807, 2.05) is 0 Å². The van der Waals surface area contributed by atoms with Gasteiger partial charge in [-0.05, 0) is 12.1 Å². The molecule has 2 aliphatic rings. The Morgan fingerprint density at radius 1 is 1.24 bits per heavy atom. The van der Waals surface area contributed by atoms with Crippen molar-refractivity contribution in [1.29, 1.82) is 0 Å². The van der Waals surface area contributed by atoms with E-state index in [1.54, 1.807) is 11.0 Å². The molecule has 0 atom stereocenters. The van der Waals surface area contributed by atoms with Gasteiger partial charge >= 0.3 is 0 Å². The lowest BCUT2D eigenvalue weighted by Crippen LogP contribution is -2.57. The summed E-state index contributed by atoms with van der Waals surface area (Å²) in [6.07, 6.45) is 0. The SMILES string of the molecule is O=C(C1CNC1)N1CCN(S(=O)(=O)c2ccc(Cl)s2)CC1. The molecule has 0 radical (unpaired) electrons. The molecule has 2 fully saturated rings. The van der Waals surface area contributed by atoms with Crippen molar-refractivity contribution in [1.82, 2.24) is 14.5 Å². The molecule has 3 heterocycles. The van der Waals surface area contributed by atoms with E-state index in [9.17, 15) is 13.2 Å². The number of hydrogen-bond acceptors (Lipinski definition) is 5. The van der Waals surface area contributed by atoms with Crippen molar-refractivity contribution >= 4 is 38.9 Å². The summed E-state index contributed by atoms with van der Waals surface area (Å²) < 4.78 is 27.0. The molecule has 1 aromatic heterocycles. The Morgan fingerprint density at radius 3 is 2.38 bits per heavy atom. The maximum absolute atomic E-state index is 12.4. The zero-order valence-corrected chi connectivity index (χ0v) is 13.7. The number of thiophene rings is 1. The van der Waals surface area contributed by atoms with Crippen LogP contribution in [0.15, 0.2) is 16.3 Å². The van der Waals surface area contributed by atoms with E-state index in [0.717, 1.165) is 24.4 Å². The number of hydrogen-bond donors (Lipinski definition) is 1. The fourth-order valence-corrected chi connectivity index (χ4v) is 5.49. The van der Waals surface area contributed by atoms with Gasteiger partial charge in [0.2, 0.25) is 5.91 Å². The normalized spacial score (nSPS) is 21.3. The van der Waals surface area contributed by atoms with Crippen molar-refractivity contribution in [3.05, 3.63) is 16.5 Å². The molecule has 9 heteroatoms. The van der Waals surface area contributed by atoms with Crippen LogP contribution in [0.25, 0.3) is 0 Å². The lowest BCUT2D eigenvalue weighted by atomic mass is 10.0. The van der Waals surface area contributed by atoms with Gasteiger partial charge in [0.15, 0.2) is 0 Å². The van der Waals surface area contributed by atoms with E-state index in [-0.39, 0.29) is 16.0 Å². The standard InChI is InChI=1S/C12H16ClN3O3S2/c13-10-1-2-11(20-10)21(18,19)16-5-3-15(4-6-16)12(17)9-7-14-8-9/h1-2,9,14H,3-8H2. The minimum absolute atomic E-state index is 0.0595. The molecule has 0 spiro atoms. The molecule has 0 unspecified atom stereocenters. The first kappa shape index (κ1) is 15.2. The number of carbonyl (C=O) groups excluding carboxylic acids is 1. The molecule has 21 heavy (non-hydrogen) atoms. The van der Waals surface area contributed by atoms with Gasteiger partial charge in [-0.2, -0.15) is 4.31 Å². The summed E-state index contributed by atoms with van der Waals surface area (Å²) in [7, 11) is -3.49. The Morgan fingerprint density at radius 2 is 1.90 bits per heavy atom. The van der Waals surface area contributed by atoms with Crippen molar-refractivity contribution in [3.8, 4) is 0 Å². The predicted octanol–water partition coefficient (Wildman–Crippen LogP) is 0.454. The molecule has 3 rings (SSSR count). The molecular formula is C12H16ClN3O3S2. The van der Waals surface area contributed by atoms with Gasteiger partial charge in [-0.25, -0.2) is 8.42 Å². The van der Waals surface area contributed by atoms with E-state index < -0.39 is 10.0 Å². The van der Waals surface area contributed by atoms with Crippen molar-refractivity contribution in [3.63, 3.8) is 0 Å². The summed E-state index contributed by atoms with van der Waals surface area (Å²) in [5.41, 5.74) is 0. The van der Waals surface area contributed by atoms with Crippen LogP contribution in [0.1, 0.15) is 0 Å². The Hall–Kier alpha value is -0.670. The zero-order chi connectivity index (χ0) is 15.0. The minimum atomic E-state index is -3.49. The monoisotopic (exact) mass is 349 g/mol. The first-order chi connectivity index (χ1) is 9.98. The molecule has 2 aliphatic heterocycles. The summed E-state index contributed by atoms with van der Waals surface area (Å²) in [5.74, 6) is 0.189. The predicted molar refractivity (Wildman–Crippen MR) is 81.0 cm³/mol. The number of sulfonamides is 1. The Kier molecular flexibility index (Phi) is 4.24. The lowest BCUT2D eigenvalue weighted by molar-refractivity contribution is -0.138. The van der Waals surface area contributed by atoms with Crippen LogP contribution < -0.4 is 5.32 Å². The smallest absolute Gasteiger partial charge is 0.252 e. The van der Waals surface area contributed by atoms with Gasteiger partial charge in [0.1, 0.15) is 4.21 Å². The third-order valence-corrected chi connectivity index (χ3v) is 7.42. The van der Waals surface area contributed by atoms with Gasteiger partial charge in [0, 0.05) is 39.3 Å². The van der Waals surface area contributed by atoms with Crippen LogP contribution in [0.5, 0.6) is 0 Å². The highest BCUT2D eigenvalue weighted by Gasteiger charge is 2.34. The van der Waals surface area contributed by atoms with Crippen LogP contribution in [0.2, 0.25) is 4.34 Å². The summed E-state index contributed by atoms with van der Waals surface area (Å²) in [4.78, 5) is 13.9. The second kappa shape index (κ2) is 5.85. The summed E-state index contributed by atoms with van der Waals surface area (Å²) in [6.45, 7) is 3.03. The second-order valence-electron chi connectivity index (χ2n) is 5.14. The van der Waals surface area contributed by atoms with Crippen molar-refractivity contribution < 1.29 is 13.2 Å². The molecule has 2 saturated heterocycles. The number of nitrogens with zero attached hydrogens (tertiary/aromatic N) is 2. The Bertz CT molecular complexity index is 634. The van der Waals surface area contributed by atoms with Crippen LogP contribution in [0.3, 0.4) is 0 Å². The number of nitrogens with one attached hydrogen (secondary N) is 1. The maximum Gasteiger partial charge on any atom is 0.252 e. The van der Waals surface area contributed by atoms with E-state index in [0.29, 0.717) is 30.5 Å². The molecular weight excluding hydrogens is 334 g/mol. The van der Waals surface area contributed by atoms with E-state index in [2.05, 4.69) is 5.32 Å². The van der Waals surface area contributed by atoms with E-state index in [4.69, 9.17) is 11.6 Å². The first-order valence-electron chi connectivity index (χ1n) is 6.73. The van der Waals surface area contributed by atoms with Gasteiger partial charge in [0.05, 0.1) is 10.3 Å². The third-order valence-electron chi connectivity index (χ3n) is 3.82. The molecule has 116 valence electrons. The average Bonchev–Trinajstić information content (AvgIpc) is 2.84. The van der Waals surface area contributed by atoms with Gasteiger partial charge in [-0.3, -0.25) is 4.79 Å². The van der Waals surface area contributed by atoms with Crippen LogP contribution >= 0.6 is 22.9 Å². The molecule has 0 aromatic carbocycles. The van der Waals surface area contributed by atoms with Crippen molar-refractivity contribution in [2.45, 2.75) is 4.21 Å². The zero-order valence-electron chi connectivity index (χ0n) is 11.3. The van der Waals surface area contributed by atoms with Gasteiger partial charge in [0.25, 0.3) is 10.0 Å². The number of amides is 1. The Balaban J connectivity index is 1.64. The van der Waals surface area contributed by atoms with Gasteiger partial charge in [-0.15, -0.1) is 11.3 Å². The highest BCUT2D eigenvalue weighted by Crippen LogP contribution is 2.28. The number of rotatable bonds is 3. The quantitative estimate of drug-likeness (QED) is 0.860. The van der Waals surface area contributed by atoms with E-state index in [1.165, 1.54) is 10.4 Å². The molecule has 1 aromatic rings. The first-order valence-corrected chi connectivity index (χ1v) is 9.37. The summed E-state index contributed by atoms with van der Waals surface area (Å²) >= 11 is 6.86. The highest BCUT2D eigenvalue weighted by atomic mass is 35.5. The summed E-state index contributed by atoms with van der Waals surface area (Å²) in [5, 5.41) is 3.07. The average molecular weight is 350 g/mol. The molecule has 0 bridgehead atoms. The number of piperazine rings is 1. The number of carbonyl (C=O) groups is 1. The third kappa shape index (κ3) is 2.95. The second-order valence-corrected chi connectivity index (χ2v) is 9.02. The number of halogens is 1. The molecule has 0 saturated carbocycles. The van der Waals surface area contributed by atoms with Crippen molar-refractivity contribution in [2.24, 2.45) is 5.92 Å². The summed E-state index contributed by atoms with van der Waals surface area (Å²) in [6, 6.07) is 3.11. The maximum atomic E-state index is 12.4. The van der Waals surface area contributed by atoms with Crippen LogP contribution in [0, 0.1) is 5.92 Å². The van der Waals surface area contributed by atoms with Crippen LogP contribution in [0.4, 0.5) is 0 Å². The highest BCUT2D eigenvalue weighted by molar-refractivity contribution is 7.91. The van der Waals surface area contributed by atoms with Gasteiger partial charge < -0.3 is 10.2 Å². The van der Waals surface area contributed by atoms with Crippen LogP contribution in [-0.4, -0.2) is 62.8 Å². The largest absolute Gasteiger partial charge is 0.340 e. The molecule has 1 amide bonds. The fraction of sp³-hybridized carbons (Fsp3) is 0.583. The Labute approximate surface area is 132 Å². The molecule has 6 nitrogen and oxygen atoms in total.